The molecule has 0 aliphatic rings. The van der Waals surface area contributed by atoms with E-state index in [1.165, 1.54) is 0 Å². The molecule has 4 rings (SSSR count). The molecule has 0 saturated heterocycles. The maximum absolute atomic E-state index is 12.3. The number of aryl methyl sites for hydroxylation is 2. The van der Waals surface area contributed by atoms with Crippen LogP contribution in [-0.4, -0.2) is 54.5 Å². The summed E-state index contributed by atoms with van der Waals surface area (Å²) in [6, 6.07) is 21.1. The summed E-state index contributed by atoms with van der Waals surface area (Å²) in [5.74, 6) is -2.55. The number of carboxylic acid groups (broad SMARTS) is 2. The Morgan fingerprint density at radius 2 is 0.795 bits per heavy atom. The average Bonchev–Trinajstić information content (AvgIpc) is 3.41. The van der Waals surface area contributed by atoms with Crippen LogP contribution in [0.3, 0.4) is 0 Å². The van der Waals surface area contributed by atoms with Crippen molar-refractivity contribution >= 4 is 23.5 Å². The number of benzene rings is 2. The molecule has 2 aromatic carbocycles. The second-order valence-corrected chi connectivity index (χ2v) is 9.03. The van der Waals surface area contributed by atoms with Crippen molar-refractivity contribution in [3.63, 3.8) is 0 Å². The van der Waals surface area contributed by atoms with E-state index in [0.29, 0.717) is 33.9 Å². The zero-order valence-corrected chi connectivity index (χ0v) is 29.7. The quantitative estimate of drug-likeness (QED) is 0.135. The number of aliphatic carboxylic acids is 2. The van der Waals surface area contributed by atoms with Crippen LogP contribution in [0.15, 0.2) is 72.8 Å². The Hall–Kier alpha value is -2.88. The Balaban J connectivity index is -0.000000320. The smallest absolute Gasteiger partial charge is 0.550 e. The molecule has 12 nitrogen and oxygen atoms in total. The maximum Gasteiger partial charge on any atom is 1.00 e. The Labute approximate surface area is 299 Å². The van der Waals surface area contributed by atoms with E-state index in [9.17, 15) is 29.4 Å². The summed E-state index contributed by atoms with van der Waals surface area (Å²) in [6.45, 7) is 3.91. The van der Waals surface area contributed by atoms with Crippen LogP contribution in [0.25, 0.3) is 0 Å². The first-order valence-corrected chi connectivity index (χ1v) is 11.9. The molecule has 0 saturated carbocycles. The van der Waals surface area contributed by atoms with Crippen molar-refractivity contribution in [2.45, 2.75) is 26.7 Å². The second kappa shape index (κ2) is 21.8. The van der Waals surface area contributed by atoms with Crippen molar-refractivity contribution in [3.8, 4) is 0 Å². The summed E-state index contributed by atoms with van der Waals surface area (Å²) >= 11 is 0. The fourth-order valence-electron chi connectivity index (χ4n) is 3.92. The summed E-state index contributed by atoms with van der Waals surface area (Å²) in [5, 5.41) is 21.2. The largest absolute Gasteiger partial charge is 1.00 e. The number of carbonyl (C=O) groups excluding carboxylic acids is 4. The van der Waals surface area contributed by atoms with Gasteiger partial charge in [-0.15, -0.1) is 0 Å². The van der Waals surface area contributed by atoms with Gasteiger partial charge in [0.25, 0.3) is 0 Å². The van der Waals surface area contributed by atoms with E-state index in [0.717, 1.165) is 11.1 Å². The average molecular weight is 631 g/mol. The van der Waals surface area contributed by atoms with Crippen LogP contribution in [0.5, 0.6) is 0 Å². The standard InChI is InChI=1S/2C15H15NO3.2Na.4H2O/c2*1-10-3-5-11(6-4-10)15(19)13-8-7-12(16(13)2)9-14(17)18;;;;;;/h2*3-8H,9H2,1-2H3,(H,17,18);;;4*1H2/q;;2*+1;;;;/p-2. The molecule has 0 aliphatic heterocycles. The molecular weight excluding hydrogens is 594 g/mol. The molecule has 2 aromatic heterocycles. The first kappa shape index (κ1) is 48.0. The van der Waals surface area contributed by atoms with Gasteiger partial charge in [0.05, 0.1) is 11.4 Å². The van der Waals surface area contributed by atoms with E-state index in [1.807, 2.05) is 38.1 Å². The van der Waals surface area contributed by atoms with Crippen LogP contribution < -0.4 is 69.3 Å². The molecule has 4 aromatic rings. The fraction of sp³-hybridized carbons (Fsp3) is 0.200. The monoisotopic (exact) mass is 630 g/mol. The van der Waals surface area contributed by atoms with Crippen LogP contribution >= 0.6 is 0 Å². The first-order valence-electron chi connectivity index (χ1n) is 11.9. The zero-order chi connectivity index (χ0) is 28.0. The zero-order valence-electron chi connectivity index (χ0n) is 25.7. The van der Waals surface area contributed by atoms with Gasteiger partial charge in [-0.1, -0.05) is 59.7 Å². The van der Waals surface area contributed by atoms with Crippen molar-refractivity contribution in [1.29, 1.82) is 0 Å². The molecule has 0 unspecified atom stereocenters. The molecule has 0 fully saturated rings. The van der Waals surface area contributed by atoms with E-state index in [1.54, 1.807) is 71.8 Å². The molecule has 0 amide bonds. The first-order chi connectivity index (χ1) is 18.0. The number of hydrogen-bond acceptors (Lipinski definition) is 6. The van der Waals surface area contributed by atoms with Gasteiger partial charge in [0.1, 0.15) is 0 Å². The van der Waals surface area contributed by atoms with Gasteiger partial charge in [0.15, 0.2) is 0 Å². The van der Waals surface area contributed by atoms with Gasteiger partial charge in [-0.25, -0.2) is 0 Å². The van der Waals surface area contributed by atoms with Gasteiger partial charge in [-0.2, -0.15) is 0 Å². The molecule has 0 spiro atoms. The number of hydrogen-bond donors (Lipinski definition) is 0. The van der Waals surface area contributed by atoms with Crippen molar-refractivity contribution in [2.24, 2.45) is 14.1 Å². The second-order valence-electron chi connectivity index (χ2n) is 9.03. The Kier molecular flexibility index (Phi) is 23.8. The van der Waals surface area contributed by atoms with Crippen LogP contribution in [-0.2, 0) is 36.5 Å². The predicted molar refractivity (Wildman–Crippen MR) is 152 cm³/mol. The van der Waals surface area contributed by atoms with Crippen molar-refractivity contribution in [2.75, 3.05) is 0 Å². The van der Waals surface area contributed by atoms with Gasteiger partial charge in [0, 0.05) is 61.4 Å². The minimum absolute atomic E-state index is 0. The summed E-state index contributed by atoms with van der Waals surface area (Å²) < 4.78 is 3.19. The molecule has 0 atom stereocenters. The summed E-state index contributed by atoms with van der Waals surface area (Å²) in [7, 11) is 3.36. The van der Waals surface area contributed by atoms with Gasteiger partial charge in [0.2, 0.25) is 11.6 Å². The topological polar surface area (TPSA) is 250 Å². The molecule has 2 heterocycles. The van der Waals surface area contributed by atoms with Crippen LogP contribution in [0.4, 0.5) is 0 Å². The molecule has 228 valence electrons. The van der Waals surface area contributed by atoms with Crippen molar-refractivity contribution in [3.05, 3.63) is 118 Å². The van der Waals surface area contributed by atoms with E-state index >= 15 is 0 Å². The molecule has 0 radical (unpaired) electrons. The number of rotatable bonds is 8. The summed E-state index contributed by atoms with van der Waals surface area (Å²) in [4.78, 5) is 45.8. The van der Waals surface area contributed by atoms with Crippen LogP contribution in [0.2, 0.25) is 0 Å². The summed E-state index contributed by atoms with van der Waals surface area (Å²) in [6.07, 6.45) is -0.393. The van der Waals surface area contributed by atoms with Crippen molar-refractivity contribution in [1.82, 2.24) is 9.13 Å². The fourth-order valence-corrected chi connectivity index (χ4v) is 3.92. The summed E-state index contributed by atoms with van der Waals surface area (Å²) in [5.41, 5.74) is 5.40. The molecule has 0 bridgehead atoms. The maximum atomic E-state index is 12.3. The van der Waals surface area contributed by atoms with Crippen LogP contribution in [0.1, 0.15) is 54.6 Å². The van der Waals surface area contributed by atoms with E-state index in [2.05, 4.69) is 0 Å². The number of ketones is 2. The predicted octanol–water partition coefficient (Wildman–Crippen LogP) is -7.58. The van der Waals surface area contributed by atoms with Gasteiger partial charge in [-0.3, -0.25) is 9.59 Å². The van der Waals surface area contributed by atoms with Gasteiger partial charge < -0.3 is 50.8 Å². The van der Waals surface area contributed by atoms with Gasteiger partial charge >= 0.3 is 59.1 Å². The third kappa shape index (κ3) is 12.6. The Morgan fingerprint density at radius 1 is 0.523 bits per heavy atom. The number of carbonyl (C=O) groups is 4. The van der Waals surface area contributed by atoms with Gasteiger partial charge in [-0.05, 0) is 38.1 Å². The third-order valence-electron chi connectivity index (χ3n) is 6.20. The number of nitrogens with zero attached hydrogens (tertiary/aromatic N) is 2. The minimum atomic E-state index is -1.16. The molecule has 14 heteroatoms. The Morgan fingerprint density at radius 3 is 1.05 bits per heavy atom. The van der Waals surface area contributed by atoms with Crippen molar-refractivity contribution < 1.29 is 110 Å². The normalized spacial score (nSPS) is 9.00. The SMILES string of the molecule is Cc1ccc(C(=O)c2ccc(CC(=O)[O-])n2C)cc1.Cc1ccc(C(=O)c2ccc(CC(=O)[O-])n2C)cc1.O.O.O.O.[Na+].[Na+]. The molecular formula is C30H36N2Na2O10. The molecule has 44 heavy (non-hydrogen) atoms. The molecule has 8 N–H and O–H groups in total. The van der Waals surface area contributed by atoms with E-state index < -0.39 is 11.9 Å². The molecule has 0 aliphatic carbocycles. The minimum Gasteiger partial charge on any atom is -0.550 e. The van der Waals surface area contributed by atoms with E-state index in [-0.39, 0.29) is 105 Å². The number of carboxylic acids is 2. The van der Waals surface area contributed by atoms with Crippen LogP contribution in [0, 0.1) is 13.8 Å². The third-order valence-corrected chi connectivity index (χ3v) is 6.20. The Bertz CT molecular complexity index is 1380. The van der Waals surface area contributed by atoms with E-state index in [4.69, 9.17) is 0 Å². The number of aromatic nitrogens is 2.